The highest BCUT2D eigenvalue weighted by atomic mass is 16.5. The summed E-state index contributed by atoms with van der Waals surface area (Å²) in [4.78, 5) is 56.3. The molecule has 1 fully saturated rings. The van der Waals surface area contributed by atoms with Crippen LogP contribution in [0.15, 0.2) is 42.5 Å². The molecule has 0 bridgehead atoms. The van der Waals surface area contributed by atoms with Crippen LogP contribution in [0.2, 0.25) is 0 Å². The molecule has 1 saturated heterocycles. The van der Waals surface area contributed by atoms with Crippen molar-refractivity contribution in [3.63, 3.8) is 0 Å². The van der Waals surface area contributed by atoms with Gasteiger partial charge in [0.1, 0.15) is 18.1 Å². The van der Waals surface area contributed by atoms with E-state index in [2.05, 4.69) is 16.0 Å². The largest absolute Gasteiger partial charge is 0.466 e. The number of ether oxygens (including phenoxy) is 2. The maximum atomic E-state index is 13.9. The average Bonchev–Trinajstić information content (AvgIpc) is 3.68. The van der Waals surface area contributed by atoms with Gasteiger partial charge >= 0.3 is 12.1 Å². The Hall–Kier alpha value is -4.78. The number of hydrogen-bond acceptors (Lipinski definition) is 10. The van der Waals surface area contributed by atoms with E-state index < -0.39 is 17.5 Å². The molecule has 46 heavy (non-hydrogen) atoms. The number of carbonyl (C=O) groups is 4. The Kier molecular flexibility index (Phi) is 11.5. The van der Waals surface area contributed by atoms with Crippen LogP contribution in [0.5, 0.6) is 0 Å². The molecule has 0 saturated carbocycles. The van der Waals surface area contributed by atoms with Crippen molar-refractivity contribution in [3.05, 3.63) is 59.4 Å². The number of amides is 2. The Balaban J connectivity index is 1.48. The minimum absolute atomic E-state index is 0.0125. The summed E-state index contributed by atoms with van der Waals surface area (Å²) < 4.78 is 11.7. The molecule has 1 aromatic heterocycles. The van der Waals surface area contributed by atoms with Gasteiger partial charge in [-0.1, -0.05) is 6.07 Å². The molecule has 4 N–H and O–H groups in total. The van der Waals surface area contributed by atoms with Gasteiger partial charge in [0.05, 0.1) is 42.8 Å². The van der Waals surface area contributed by atoms with Crippen molar-refractivity contribution in [1.82, 2.24) is 25.1 Å². The van der Waals surface area contributed by atoms with Gasteiger partial charge < -0.3 is 29.6 Å². The van der Waals surface area contributed by atoms with Crippen LogP contribution >= 0.6 is 0 Å². The smallest absolute Gasteiger partial charge is 0.412 e. The molecule has 0 spiro atoms. The lowest BCUT2D eigenvalue weighted by atomic mass is 9.80. The van der Waals surface area contributed by atoms with Crippen LogP contribution in [0.1, 0.15) is 57.0 Å². The Morgan fingerprint density at radius 1 is 1.00 bits per heavy atom. The number of fused-ring (bicyclic) bond motifs is 1. The second kappa shape index (κ2) is 15.5. The van der Waals surface area contributed by atoms with Crippen molar-refractivity contribution in [2.75, 3.05) is 44.7 Å². The van der Waals surface area contributed by atoms with Gasteiger partial charge in [-0.2, -0.15) is 0 Å². The van der Waals surface area contributed by atoms with Crippen molar-refractivity contribution in [1.29, 1.82) is 5.41 Å². The molecule has 2 heterocycles. The SMILES string of the molecule is CCOC(=O)CC(=O)CNCC(C)(C(=O)N1CCCC1)c1ccc2c(c1)nc(CNc1ccc(C(=N)NC(=O)OCC)cc1)n2C. The minimum atomic E-state index is -0.962. The Labute approximate surface area is 268 Å². The number of nitrogens with one attached hydrogen (secondary N) is 4. The molecular weight excluding hydrogens is 590 g/mol. The molecule has 0 radical (unpaired) electrons. The first-order valence-corrected chi connectivity index (χ1v) is 15.6. The maximum absolute atomic E-state index is 13.9. The van der Waals surface area contributed by atoms with E-state index in [0.717, 1.165) is 41.0 Å². The standard InChI is InChI=1S/C33H43N7O6/c1-5-45-29(42)18-25(41)19-35-21-33(3,31(43)40-15-7-8-16-40)23-11-14-27-26(17-23)37-28(39(27)4)20-36-24-12-9-22(10-13-24)30(34)38-32(44)46-6-2/h9-14,17,35-36H,5-8,15-16,18-21H2,1-4H3,(H2,34,38,44). The van der Waals surface area contributed by atoms with Gasteiger partial charge in [0, 0.05) is 37.9 Å². The molecular formula is C33H43N7O6. The minimum Gasteiger partial charge on any atom is -0.466 e. The molecule has 13 heteroatoms. The predicted molar refractivity (Wildman–Crippen MR) is 174 cm³/mol. The number of rotatable bonds is 14. The number of amidine groups is 1. The summed E-state index contributed by atoms with van der Waals surface area (Å²) in [5, 5.41) is 16.9. The molecule has 1 atom stereocenters. The Morgan fingerprint density at radius 3 is 2.37 bits per heavy atom. The van der Waals surface area contributed by atoms with Crippen LogP contribution in [0, 0.1) is 5.41 Å². The van der Waals surface area contributed by atoms with Crippen LogP contribution < -0.4 is 16.0 Å². The van der Waals surface area contributed by atoms with Gasteiger partial charge in [-0.25, -0.2) is 9.78 Å². The Bertz CT molecular complexity index is 1580. The molecule has 2 amide bonds. The molecule has 4 rings (SSSR count). The number of anilines is 1. The first-order valence-electron chi connectivity index (χ1n) is 15.6. The van der Waals surface area contributed by atoms with E-state index >= 15 is 0 Å². The number of aryl methyl sites for hydroxylation is 1. The number of esters is 1. The van der Waals surface area contributed by atoms with Crippen molar-refractivity contribution in [2.45, 2.75) is 52.0 Å². The number of benzene rings is 2. The maximum Gasteiger partial charge on any atom is 0.412 e. The van der Waals surface area contributed by atoms with Gasteiger partial charge in [-0.15, -0.1) is 0 Å². The zero-order chi connectivity index (χ0) is 33.3. The third kappa shape index (κ3) is 8.27. The highest BCUT2D eigenvalue weighted by Gasteiger charge is 2.39. The summed E-state index contributed by atoms with van der Waals surface area (Å²) in [5.41, 5.74) is 2.82. The van der Waals surface area contributed by atoms with Crippen molar-refractivity contribution >= 4 is 46.3 Å². The van der Waals surface area contributed by atoms with E-state index in [1.165, 1.54) is 0 Å². The topological polar surface area (TPSA) is 168 Å². The molecule has 2 aromatic carbocycles. The molecule has 13 nitrogen and oxygen atoms in total. The molecule has 1 aliphatic rings. The summed E-state index contributed by atoms with van der Waals surface area (Å²) in [5.74, 6) is -0.139. The molecule has 1 aliphatic heterocycles. The number of nitrogens with zero attached hydrogens (tertiary/aromatic N) is 3. The zero-order valence-corrected chi connectivity index (χ0v) is 26.9. The van der Waals surface area contributed by atoms with E-state index in [9.17, 15) is 19.2 Å². The number of carbonyl (C=O) groups excluding carboxylic acids is 4. The number of aromatic nitrogens is 2. The number of alkyl carbamates (subject to hydrolysis) is 1. The number of hydrogen-bond donors (Lipinski definition) is 4. The third-order valence-corrected chi connectivity index (χ3v) is 8.05. The fourth-order valence-electron chi connectivity index (χ4n) is 5.49. The second-order valence-electron chi connectivity index (χ2n) is 11.4. The normalized spacial score (nSPS) is 14.0. The summed E-state index contributed by atoms with van der Waals surface area (Å²) in [6, 6.07) is 12.9. The average molecular weight is 634 g/mol. The van der Waals surface area contributed by atoms with Crippen molar-refractivity contribution in [2.24, 2.45) is 7.05 Å². The first kappa shape index (κ1) is 34.1. The molecule has 246 valence electrons. The second-order valence-corrected chi connectivity index (χ2v) is 11.4. The highest BCUT2D eigenvalue weighted by molar-refractivity contribution is 6.04. The number of Topliss-reactive ketones (excluding diaryl/α,β-unsaturated/α-hetero) is 1. The van der Waals surface area contributed by atoms with Crippen molar-refractivity contribution < 1.29 is 28.7 Å². The van der Waals surface area contributed by atoms with Gasteiger partial charge in [0.15, 0.2) is 5.78 Å². The van der Waals surface area contributed by atoms with E-state index in [1.807, 2.05) is 53.8 Å². The number of likely N-dealkylation sites (tertiary alicyclic amines) is 1. The zero-order valence-electron chi connectivity index (χ0n) is 26.9. The van der Waals surface area contributed by atoms with Crippen LogP contribution in [-0.2, 0) is 42.9 Å². The summed E-state index contributed by atoms with van der Waals surface area (Å²) in [6.07, 6.45) is 0.935. The lowest BCUT2D eigenvalue weighted by Crippen LogP contribution is -2.50. The van der Waals surface area contributed by atoms with E-state index in [4.69, 9.17) is 19.9 Å². The van der Waals surface area contributed by atoms with Crippen LogP contribution in [0.3, 0.4) is 0 Å². The predicted octanol–water partition coefficient (Wildman–Crippen LogP) is 3.25. The number of imidazole rings is 1. The third-order valence-electron chi connectivity index (χ3n) is 8.05. The summed E-state index contributed by atoms with van der Waals surface area (Å²) in [7, 11) is 1.93. The van der Waals surface area contributed by atoms with Gasteiger partial charge in [-0.3, -0.25) is 25.1 Å². The van der Waals surface area contributed by atoms with Gasteiger partial charge in [0.2, 0.25) is 5.91 Å². The lowest BCUT2D eigenvalue weighted by Gasteiger charge is -2.33. The van der Waals surface area contributed by atoms with Crippen LogP contribution in [0.4, 0.5) is 10.5 Å². The fraction of sp³-hybridized carbons (Fsp3) is 0.455. The number of ketones is 1. The first-order chi connectivity index (χ1) is 22.0. The lowest BCUT2D eigenvalue weighted by molar-refractivity contribution is -0.145. The molecule has 3 aromatic rings. The quantitative estimate of drug-likeness (QED) is 0.0902. The van der Waals surface area contributed by atoms with E-state index in [-0.39, 0.29) is 50.3 Å². The molecule has 1 unspecified atom stereocenters. The molecule has 0 aliphatic carbocycles. The van der Waals surface area contributed by atoms with E-state index in [0.29, 0.717) is 25.2 Å². The highest BCUT2D eigenvalue weighted by Crippen LogP contribution is 2.30. The van der Waals surface area contributed by atoms with Crippen LogP contribution in [0.25, 0.3) is 11.0 Å². The van der Waals surface area contributed by atoms with Gasteiger partial charge in [-0.05, 0) is 75.6 Å². The fourth-order valence-corrected chi connectivity index (χ4v) is 5.49. The summed E-state index contributed by atoms with van der Waals surface area (Å²) in [6.45, 7) is 7.69. The monoisotopic (exact) mass is 633 g/mol. The van der Waals surface area contributed by atoms with E-state index in [1.54, 1.807) is 26.0 Å². The Morgan fingerprint density at radius 2 is 1.70 bits per heavy atom. The van der Waals surface area contributed by atoms with Gasteiger partial charge in [0.25, 0.3) is 0 Å². The van der Waals surface area contributed by atoms with Crippen LogP contribution in [-0.4, -0.2) is 83.4 Å². The van der Waals surface area contributed by atoms with Crippen molar-refractivity contribution in [3.8, 4) is 0 Å². The summed E-state index contributed by atoms with van der Waals surface area (Å²) >= 11 is 0.